The fourth-order valence-electron chi connectivity index (χ4n) is 2.98. The van der Waals surface area contributed by atoms with Gasteiger partial charge in [-0.1, -0.05) is 6.07 Å². The summed E-state index contributed by atoms with van der Waals surface area (Å²) in [5.74, 6) is -0.762. The van der Waals surface area contributed by atoms with E-state index in [9.17, 15) is 17.6 Å². The van der Waals surface area contributed by atoms with E-state index < -0.39 is 24.5 Å². The molecule has 1 saturated heterocycles. The smallest absolute Gasteiger partial charge is 0.353 e. The summed E-state index contributed by atoms with van der Waals surface area (Å²) in [6.07, 6.45) is -1.76. The average molecular weight is 371 g/mol. The molecular formula is C18H20F4N4. The Morgan fingerprint density at radius 2 is 2.15 bits per heavy atom. The molecule has 1 atom stereocenters. The third-order valence-electron chi connectivity index (χ3n) is 4.44. The zero-order valence-corrected chi connectivity index (χ0v) is 14.1. The van der Waals surface area contributed by atoms with E-state index in [4.69, 9.17) is 4.11 Å². The molecule has 0 bridgehead atoms. The first-order chi connectivity index (χ1) is 13.5. The van der Waals surface area contributed by atoms with E-state index in [1.165, 1.54) is 11.1 Å². The van der Waals surface area contributed by atoms with Gasteiger partial charge in [-0.3, -0.25) is 0 Å². The number of aromatic nitrogens is 2. The molecule has 1 aliphatic rings. The number of halogens is 4. The Morgan fingerprint density at radius 3 is 2.81 bits per heavy atom. The van der Waals surface area contributed by atoms with E-state index in [1.54, 1.807) is 6.92 Å². The summed E-state index contributed by atoms with van der Waals surface area (Å²) < 4.78 is 75.1. The average Bonchev–Trinajstić information content (AvgIpc) is 3.09. The normalized spacial score (nSPS) is 20.5. The van der Waals surface area contributed by atoms with Crippen molar-refractivity contribution in [3.63, 3.8) is 0 Å². The Morgan fingerprint density at radius 1 is 1.35 bits per heavy atom. The van der Waals surface area contributed by atoms with E-state index in [0.29, 0.717) is 24.8 Å². The van der Waals surface area contributed by atoms with Crippen LogP contribution >= 0.6 is 0 Å². The highest BCUT2D eigenvalue weighted by Gasteiger charge is 2.31. The predicted molar refractivity (Wildman–Crippen MR) is 91.3 cm³/mol. The van der Waals surface area contributed by atoms with Gasteiger partial charge >= 0.3 is 6.18 Å². The first kappa shape index (κ1) is 14.9. The number of likely N-dealkylation sites (N-methyl/N-ethyl adjacent to an activating group) is 1. The fraction of sp³-hybridized carbons (Fsp3) is 0.444. The summed E-state index contributed by atoms with van der Waals surface area (Å²) in [5.41, 5.74) is -0.413. The minimum atomic E-state index is -4.62. The molecule has 26 heavy (non-hydrogen) atoms. The number of nitrogens with zero attached hydrogens (tertiary/aromatic N) is 3. The lowest BCUT2D eigenvalue weighted by Crippen LogP contribution is -2.32. The number of aryl methyl sites for hydroxylation is 1. The van der Waals surface area contributed by atoms with Crippen LogP contribution in [0.2, 0.25) is 0 Å². The molecule has 1 aliphatic heterocycles. The van der Waals surface area contributed by atoms with Gasteiger partial charge in [0.05, 0.1) is 11.3 Å². The Bertz CT molecular complexity index is 886. The van der Waals surface area contributed by atoms with Gasteiger partial charge in [-0.2, -0.15) is 13.2 Å². The van der Waals surface area contributed by atoms with Gasteiger partial charge in [-0.05, 0) is 45.4 Å². The van der Waals surface area contributed by atoms with Crippen molar-refractivity contribution in [1.29, 1.82) is 0 Å². The van der Waals surface area contributed by atoms with E-state index in [-0.39, 0.29) is 23.1 Å². The van der Waals surface area contributed by atoms with Gasteiger partial charge in [-0.25, -0.2) is 14.4 Å². The van der Waals surface area contributed by atoms with Gasteiger partial charge in [0, 0.05) is 34.0 Å². The third kappa shape index (κ3) is 3.95. The molecule has 0 unspecified atom stereocenters. The predicted octanol–water partition coefficient (Wildman–Crippen LogP) is 4.12. The lowest BCUT2D eigenvalue weighted by molar-refractivity contribution is -0.137. The van der Waals surface area contributed by atoms with E-state index in [0.717, 1.165) is 25.0 Å². The van der Waals surface area contributed by atoms with Crippen molar-refractivity contribution in [2.45, 2.75) is 32.0 Å². The van der Waals surface area contributed by atoms with Crippen molar-refractivity contribution in [2.75, 3.05) is 25.4 Å². The largest absolute Gasteiger partial charge is 0.416 e. The molecule has 4 nitrogen and oxygen atoms in total. The van der Waals surface area contributed by atoms with Crippen molar-refractivity contribution >= 4 is 5.95 Å². The molecule has 1 N–H and O–H groups in total. The monoisotopic (exact) mass is 371 g/mol. The highest BCUT2D eigenvalue weighted by atomic mass is 19.4. The van der Waals surface area contributed by atoms with E-state index in [2.05, 4.69) is 15.3 Å². The SMILES string of the molecule is [2H]C([2H])([2H])N1CCC[C@H]1CNc1ncc(-c2ccc(C(F)(F)F)cc2F)c(C)n1. The van der Waals surface area contributed by atoms with Crippen LogP contribution < -0.4 is 5.32 Å². The van der Waals surface area contributed by atoms with Gasteiger partial charge in [0.25, 0.3) is 0 Å². The Hall–Kier alpha value is -2.22. The lowest BCUT2D eigenvalue weighted by Gasteiger charge is -2.19. The molecule has 8 heteroatoms. The van der Waals surface area contributed by atoms with Gasteiger partial charge in [0.15, 0.2) is 0 Å². The molecular weight excluding hydrogens is 348 g/mol. The zero-order valence-electron chi connectivity index (χ0n) is 17.1. The van der Waals surface area contributed by atoms with Crippen LogP contribution in [0.4, 0.5) is 23.5 Å². The fourth-order valence-corrected chi connectivity index (χ4v) is 2.98. The van der Waals surface area contributed by atoms with Crippen LogP contribution in [-0.2, 0) is 6.18 Å². The molecule has 0 saturated carbocycles. The molecule has 1 aromatic carbocycles. The lowest BCUT2D eigenvalue weighted by atomic mass is 10.0. The second-order valence-corrected chi connectivity index (χ2v) is 6.26. The number of benzene rings is 1. The number of hydrogen-bond donors (Lipinski definition) is 1. The van der Waals surface area contributed by atoms with Crippen molar-refractivity contribution in [1.82, 2.24) is 14.9 Å². The maximum Gasteiger partial charge on any atom is 0.416 e. The maximum atomic E-state index is 14.2. The maximum absolute atomic E-state index is 14.2. The first-order valence-electron chi connectivity index (χ1n) is 9.68. The Balaban J connectivity index is 1.74. The summed E-state index contributed by atoms with van der Waals surface area (Å²) in [6.45, 7) is 0.272. The first-order valence-corrected chi connectivity index (χ1v) is 8.18. The van der Waals surface area contributed by atoms with Gasteiger partial charge < -0.3 is 10.2 Å². The Kier molecular flexibility index (Phi) is 4.12. The molecule has 0 radical (unpaired) electrons. The number of likely N-dealkylation sites (tertiary alicyclic amines) is 1. The van der Waals surface area contributed by atoms with Crippen LogP contribution in [0.25, 0.3) is 11.1 Å². The highest BCUT2D eigenvalue weighted by molar-refractivity contribution is 5.66. The number of nitrogens with one attached hydrogen (secondary N) is 1. The van der Waals surface area contributed by atoms with Crippen LogP contribution in [0.3, 0.4) is 0 Å². The van der Waals surface area contributed by atoms with Crippen molar-refractivity contribution in [3.05, 3.63) is 41.5 Å². The number of alkyl halides is 3. The summed E-state index contributed by atoms with van der Waals surface area (Å²) >= 11 is 0. The van der Waals surface area contributed by atoms with Gasteiger partial charge in [0.1, 0.15) is 5.82 Å². The molecule has 2 heterocycles. The Labute approximate surface area is 153 Å². The summed E-state index contributed by atoms with van der Waals surface area (Å²) in [7, 11) is 0. The minimum Gasteiger partial charge on any atom is -0.353 e. The quantitative estimate of drug-likeness (QED) is 0.821. The summed E-state index contributed by atoms with van der Waals surface area (Å²) in [6, 6.07) is 2.14. The summed E-state index contributed by atoms with van der Waals surface area (Å²) in [5, 5.41) is 3.00. The third-order valence-corrected chi connectivity index (χ3v) is 4.44. The zero-order chi connectivity index (χ0) is 21.4. The van der Waals surface area contributed by atoms with Crippen LogP contribution in [0, 0.1) is 12.7 Å². The topological polar surface area (TPSA) is 41.0 Å². The molecule has 0 amide bonds. The molecule has 1 fully saturated rings. The summed E-state index contributed by atoms with van der Waals surface area (Å²) in [4.78, 5) is 9.80. The minimum absolute atomic E-state index is 0.0218. The molecule has 1 aromatic heterocycles. The molecule has 3 rings (SSSR count). The second kappa shape index (κ2) is 7.19. The number of anilines is 1. The van der Waals surface area contributed by atoms with Crippen LogP contribution in [0.1, 0.15) is 28.2 Å². The molecule has 140 valence electrons. The van der Waals surface area contributed by atoms with Crippen molar-refractivity contribution < 1.29 is 21.7 Å². The highest BCUT2D eigenvalue weighted by Crippen LogP contribution is 2.33. The van der Waals surface area contributed by atoms with Gasteiger partial charge in [0.2, 0.25) is 5.95 Å². The standard InChI is InChI=1S/C18H20F4N4/c1-11-15(14-6-5-12(8-16(14)19)18(20,21)22)10-24-17(25-11)23-9-13-4-3-7-26(13)2/h5-6,8,10,13H,3-4,7,9H2,1-2H3,(H,23,24,25)/t13-/m0/s1/i2D3. The van der Waals surface area contributed by atoms with E-state index >= 15 is 0 Å². The van der Waals surface area contributed by atoms with Crippen molar-refractivity contribution in [3.8, 4) is 11.1 Å². The molecule has 2 aromatic rings. The molecule has 0 aliphatic carbocycles. The van der Waals surface area contributed by atoms with Gasteiger partial charge in [-0.15, -0.1) is 0 Å². The van der Waals surface area contributed by atoms with E-state index in [1.807, 2.05) is 0 Å². The van der Waals surface area contributed by atoms with Crippen molar-refractivity contribution in [2.24, 2.45) is 0 Å². The molecule has 0 spiro atoms. The number of hydrogen-bond acceptors (Lipinski definition) is 4. The second-order valence-electron chi connectivity index (χ2n) is 6.26. The number of rotatable bonds is 4. The van der Waals surface area contributed by atoms with Crippen LogP contribution in [0.5, 0.6) is 0 Å². The van der Waals surface area contributed by atoms with Crippen LogP contribution in [0.15, 0.2) is 24.4 Å². The van der Waals surface area contributed by atoms with Crippen LogP contribution in [-0.4, -0.2) is 41.0 Å².